The smallest absolute Gasteiger partial charge is 0.494 e. The van der Waals surface area contributed by atoms with E-state index in [2.05, 4.69) is 32.2 Å². The number of non-ortho nitro benzene ring substituents is 1. The van der Waals surface area contributed by atoms with Crippen LogP contribution in [0.2, 0.25) is 13.3 Å². The van der Waals surface area contributed by atoms with Crippen LogP contribution in [0, 0.1) is 16.5 Å². The van der Waals surface area contributed by atoms with Gasteiger partial charge in [-0.1, -0.05) is 25.7 Å². The Morgan fingerprint density at radius 2 is 1.51 bits per heavy atom. The fraction of sp³-hybridized carbons (Fsp3) is 0.688. The molecule has 2 aliphatic rings. The van der Waals surface area contributed by atoms with Gasteiger partial charge in [0.15, 0.2) is 5.75 Å². The number of hydrogen-bond donors (Lipinski definition) is 0. The third-order valence-electron chi connectivity index (χ3n) is 7.73. The number of ether oxygens (including phenoxy) is 1. The van der Waals surface area contributed by atoms with Crippen molar-refractivity contribution in [2.75, 3.05) is 7.11 Å². The van der Waals surface area contributed by atoms with Crippen LogP contribution in [0.1, 0.15) is 122 Å². The number of benzene rings is 1. The van der Waals surface area contributed by atoms with Crippen molar-refractivity contribution in [2.45, 2.75) is 130 Å². The SMILES string of the molecule is CCC[CH2][Sn+]([CH2]CCC)[CH2]CCC.COc1cc([N+](=O)[O-])cc2cc(C3CCCC3)cnc12.[CH-]1CCCC1.[Fe+2]. The molecule has 1 aromatic heterocycles. The van der Waals surface area contributed by atoms with Crippen molar-refractivity contribution in [3.05, 3.63) is 46.5 Å². The monoisotopic (exact) mass is 688 g/mol. The molecule has 218 valence electrons. The van der Waals surface area contributed by atoms with Crippen LogP contribution in [0.3, 0.4) is 0 Å². The van der Waals surface area contributed by atoms with Gasteiger partial charge >= 0.3 is 109 Å². The Morgan fingerprint density at radius 1 is 0.949 bits per heavy atom. The number of unbranched alkanes of at least 4 members (excludes halogenated alkanes) is 3. The Hall–Kier alpha value is -0.852. The molecule has 7 heteroatoms. The molecule has 0 aliphatic heterocycles. The molecule has 1 heterocycles. The molecule has 4 rings (SSSR count). The number of nitro groups is 1. The minimum absolute atomic E-state index is 0. The zero-order valence-corrected chi connectivity index (χ0v) is 28.9. The van der Waals surface area contributed by atoms with Gasteiger partial charge in [-0.2, -0.15) is 12.8 Å². The molecule has 39 heavy (non-hydrogen) atoms. The van der Waals surface area contributed by atoms with Crippen molar-refractivity contribution in [3.63, 3.8) is 0 Å². The first-order chi connectivity index (χ1) is 18.5. The van der Waals surface area contributed by atoms with Gasteiger partial charge in [0.2, 0.25) is 0 Å². The second-order valence-electron chi connectivity index (χ2n) is 10.9. The van der Waals surface area contributed by atoms with Crippen molar-refractivity contribution in [2.24, 2.45) is 0 Å². The van der Waals surface area contributed by atoms with Crippen LogP contribution in [0.4, 0.5) is 5.69 Å². The first-order valence-corrected chi connectivity index (χ1v) is 21.4. The molecule has 2 aromatic rings. The minimum Gasteiger partial charge on any atom is -0.494 e. The van der Waals surface area contributed by atoms with E-state index in [1.807, 2.05) is 12.3 Å². The summed E-state index contributed by atoms with van der Waals surface area (Å²) in [5, 5.41) is 11.8. The average molecular weight is 687 g/mol. The predicted octanol–water partition coefficient (Wildman–Crippen LogP) is 10.5. The van der Waals surface area contributed by atoms with Gasteiger partial charge in [0, 0.05) is 17.6 Å². The zero-order valence-electron chi connectivity index (χ0n) is 25.0. The molecule has 0 radical (unpaired) electrons. The maximum atomic E-state index is 11.0. The van der Waals surface area contributed by atoms with E-state index in [1.54, 1.807) is 19.4 Å². The van der Waals surface area contributed by atoms with Gasteiger partial charge in [0.1, 0.15) is 5.52 Å². The molecule has 0 atom stereocenters. The Morgan fingerprint density at radius 3 is 1.95 bits per heavy atom. The third kappa shape index (κ3) is 13.6. The molecule has 2 saturated carbocycles. The summed E-state index contributed by atoms with van der Waals surface area (Å²) in [6.45, 7) is 7.00. The van der Waals surface area contributed by atoms with Crippen LogP contribution in [0.25, 0.3) is 10.9 Å². The van der Waals surface area contributed by atoms with Gasteiger partial charge in [-0.25, -0.2) is 0 Å². The molecule has 0 unspecified atom stereocenters. The predicted molar refractivity (Wildman–Crippen MR) is 164 cm³/mol. The van der Waals surface area contributed by atoms with Crippen molar-refractivity contribution in [1.29, 1.82) is 0 Å². The Bertz CT molecular complexity index is 906. The van der Waals surface area contributed by atoms with Gasteiger partial charge in [-0.05, 0) is 30.4 Å². The van der Waals surface area contributed by atoms with Gasteiger partial charge < -0.3 is 11.2 Å². The summed E-state index contributed by atoms with van der Waals surface area (Å²) in [7, 11) is 1.51. The fourth-order valence-electron chi connectivity index (χ4n) is 5.34. The molecule has 2 fully saturated rings. The van der Waals surface area contributed by atoms with Crippen molar-refractivity contribution in [3.8, 4) is 5.75 Å². The zero-order chi connectivity index (χ0) is 27.6. The Kier molecular flexibility index (Phi) is 20.3. The minimum atomic E-state index is -0.839. The van der Waals surface area contributed by atoms with Crippen molar-refractivity contribution < 1.29 is 26.7 Å². The molecule has 0 amide bonds. The third-order valence-corrected chi connectivity index (χ3v) is 16.8. The number of pyridine rings is 1. The quantitative estimate of drug-likeness (QED) is 0.0965. The van der Waals surface area contributed by atoms with E-state index in [-0.39, 0.29) is 22.8 Å². The maximum Gasteiger partial charge on any atom is 2.00 e. The van der Waals surface area contributed by atoms with E-state index in [0.29, 0.717) is 17.2 Å². The number of nitrogens with zero attached hydrogens (tertiary/aromatic N) is 2. The summed E-state index contributed by atoms with van der Waals surface area (Å²) in [4.78, 5) is 15.0. The standard InChI is InChI=1S/C15H16N2O3.C5H9.3C4H9.Fe.Sn/c1-20-14-8-13(17(18)19)7-11-6-12(9-16-15(11)14)10-4-2-3-5-10;1-2-4-5-3-1;3*1-3-4-2;;/h6-10H,2-5H2,1H3;1H,2-5H2;3*1,3-4H2,2H3;;/q;-1;;;;+2;+1. The van der Waals surface area contributed by atoms with Crippen LogP contribution in [0.15, 0.2) is 24.4 Å². The largest absolute Gasteiger partial charge is 2.00 e. The molecule has 1 aromatic carbocycles. The van der Waals surface area contributed by atoms with Crippen LogP contribution >= 0.6 is 0 Å². The van der Waals surface area contributed by atoms with Gasteiger partial charge in [0.25, 0.3) is 5.69 Å². The first kappa shape index (κ1) is 36.2. The topological polar surface area (TPSA) is 65.3 Å². The second-order valence-corrected chi connectivity index (χ2v) is 19.4. The Balaban J connectivity index is 0.000000344. The molecule has 0 bridgehead atoms. The van der Waals surface area contributed by atoms with Gasteiger partial charge in [-0.3, -0.25) is 15.1 Å². The summed E-state index contributed by atoms with van der Waals surface area (Å²) in [5.74, 6) is 0.990. The van der Waals surface area contributed by atoms with E-state index >= 15 is 0 Å². The van der Waals surface area contributed by atoms with E-state index in [4.69, 9.17) is 4.74 Å². The van der Waals surface area contributed by atoms with E-state index in [9.17, 15) is 10.1 Å². The number of fused-ring (bicyclic) bond motifs is 1. The molecule has 2 aliphatic carbocycles. The van der Waals surface area contributed by atoms with Gasteiger partial charge in [0.05, 0.1) is 18.1 Å². The molecule has 5 nitrogen and oxygen atoms in total. The number of nitro benzene ring substituents is 1. The summed E-state index contributed by atoms with van der Waals surface area (Å²) in [5.41, 5.74) is 1.90. The molecule has 0 spiro atoms. The van der Waals surface area contributed by atoms with Crippen molar-refractivity contribution >= 4 is 36.3 Å². The summed E-state index contributed by atoms with van der Waals surface area (Å²) in [6.07, 6.45) is 23.6. The molecular formula is C32H52FeN2O3Sn+2. The normalized spacial score (nSPS) is 14.6. The Labute approximate surface area is 256 Å². The van der Waals surface area contributed by atoms with Crippen LogP contribution < -0.4 is 4.74 Å². The second kappa shape index (κ2) is 21.8. The average Bonchev–Trinajstić information content (AvgIpc) is 3.70. The first-order valence-electron chi connectivity index (χ1n) is 15.3. The van der Waals surface area contributed by atoms with Crippen LogP contribution in [-0.2, 0) is 17.1 Å². The number of methoxy groups -OCH3 is 1. The number of aromatic nitrogens is 1. The summed E-state index contributed by atoms with van der Waals surface area (Å²) in [6, 6.07) is 5.02. The van der Waals surface area contributed by atoms with Gasteiger partial charge in [-0.15, -0.1) is 0 Å². The van der Waals surface area contributed by atoms with E-state index in [1.165, 1.54) is 109 Å². The number of rotatable bonds is 12. The van der Waals surface area contributed by atoms with Crippen LogP contribution in [0.5, 0.6) is 5.75 Å². The summed E-state index contributed by atoms with van der Waals surface area (Å²) >= 11 is -0.839. The maximum absolute atomic E-state index is 11.0. The molecule has 0 N–H and O–H groups in total. The molecule has 0 saturated heterocycles. The molecular weight excluding hydrogens is 635 g/mol. The fourth-order valence-corrected chi connectivity index (χ4v) is 14.8. The van der Waals surface area contributed by atoms with Crippen LogP contribution in [-0.4, -0.2) is 36.8 Å². The van der Waals surface area contributed by atoms with E-state index in [0.717, 1.165) is 5.39 Å². The summed E-state index contributed by atoms with van der Waals surface area (Å²) < 4.78 is 10.3. The van der Waals surface area contributed by atoms with E-state index < -0.39 is 24.7 Å². The van der Waals surface area contributed by atoms with Crippen molar-refractivity contribution in [1.82, 2.24) is 4.98 Å². The number of hydrogen-bond acceptors (Lipinski definition) is 4.